The average Bonchev–Trinajstić information content (AvgIpc) is 3.40. The Labute approximate surface area is 175 Å². The minimum Gasteiger partial charge on any atom is -0.486 e. The molecular weight excluding hydrogens is 378 g/mol. The Bertz CT molecular complexity index is 1170. The molecule has 0 amide bonds. The van der Waals surface area contributed by atoms with E-state index in [2.05, 4.69) is 11.1 Å². The zero-order valence-corrected chi connectivity index (χ0v) is 16.8. The van der Waals surface area contributed by atoms with Crippen molar-refractivity contribution >= 4 is 5.88 Å². The van der Waals surface area contributed by atoms with Crippen LogP contribution in [0, 0.1) is 18.3 Å². The highest BCUT2D eigenvalue weighted by molar-refractivity contribution is 5.55. The highest BCUT2D eigenvalue weighted by Gasteiger charge is 2.20. The van der Waals surface area contributed by atoms with Crippen molar-refractivity contribution in [2.24, 2.45) is 0 Å². The van der Waals surface area contributed by atoms with Gasteiger partial charge in [0.2, 0.25) is 11.6 Å². The van der Waals surface area contributed by atoms with Gasteiger partial charge in [0, 0.05) is 13.6 Å². The Morgan fingerprint density at radius 3 is 2.63 bits per heavy atom. The van der Waals surface area contributed by atoms with Gasteiger partial charge < -0.3 is 18.5 Å². The maximum absolute atomic E-state index is 9.48. The normalized spacial score (nSPS) is 10.6. The van der Waals surface area contributed by atoms with Crippen molar-refractivity contribution in [1.29, 1.82) is 5.26 Å². The van der Waals surface area contributed by atoms with Gasteiger partial charge in [-0.25, -0.2) is 0 Å². The highest BCUT2D eigenvalue weighted by atomic mass is 16.5. The molecule has 0 aliphatic carbocycles. The monoisotopic (exact) mass is 399 g/mol. The van der Waals surface area contributed by atoms with Crippen LogP contribution in [-0.4, -0.2) is 12.0 Å². The van der Waals surface area contributed by atoms with Crippen molar-refractivity contribution in [2.45, 2.75) is 20.1 Å². The summed E-state index contributed by atoms with van der Waals surface area (Å²) in [6, 6.07) is 23.5. The van der Waals surface area contributed by atoms with Crippen molar-refractivity contribution < 1.29 is 13.6 Å². The summed E-state index contributed by atoms with van der Waals surface area (Å²) in [6.45, 7) is 2.90. The molecule has 6 nitrogen and oxygen atoms in total. The summed E-state index contributed by atoms with van der Waals surface area (Å²) in [4.78, 5) is 6.16. The van der Waals surface area contributed by atoms with Crippen molar-refractivity contribution in [1.82, 2.24) is 4.98 Å². The Hall–Kier alpha value is -3.98. The first-order chi connectivity index (χ1) is 14.6. The number of nitriles is 1. The molecule has 0 atom stereocenters. The molecule has 0 unspecified atom stereocenters. The lowest BCUT2D eigenvalue weighted by Gasteiger charge is -2.15. The summed E-state index contributed by atoms with van der Waals surface area (Å²) in [6.07, 6.45) is 0. The zero-order valence-electron chi connectivity index (χ0n) is 16.8. The molecule has 2 aromatic carbocycles. The number of hydrogen-bond donors (Lipinski definition) is 0. The van der Waals surface area contributed by atoms with Crippen LogP contribution < -0.4 is 9.64 Å². The molecule has 0 aliphatic rings. The third-order valence-electron chi connectivity index (χ3n) is 4.57. The van der Waals surface area contributed by atoms with E-state index in [1.54, 1.807) is 6.07 Å². The summed E-state index contributed by atoms with van der Waals surface area (Å²) in [7, 11) is 1.86. The number of oxazole rings is 1. The second-order valence-electron chi connectivity index (χ2n) is 7.00. The van der Waals surface area contributed by atoms with Gasteiger partial charge in [-0.3, -0.25) is 0 Å². The molecule has 0 bridgehead atoms. The quantitative estimate of drug-likeness (QED) is 0.418. The minimum absolute atomic E-state index is 0.220. The number of aromatic nitrogens is 1. The van der Waals surface area contributed by atoms with Crippen LogP contribution >= 0.6 is 0 Å². The van der Waals surface area contributed by atoms with Gasteiger partial charge in [-0.05, 0) is 42.3 Å². The van der Waals surface area contributed by atoms with E-state index in [0.717, 1.165) is 16.9 Å². The molecule has 0 spiro atoms. The van der Waals surface area contributed by atoms with Crippen LogP contribution in [0.3, 0.4) is 0 Å². The summed E-state index contributed by atoms with van der Waals surface area (Å²) in [5, 5.41) is 9.48. The molecule has 0 N–H and O–H groups in total. The minimum atomic E-state index is 0.220. The highest BCUT2D eigenvalue weighted by Crippen LogP contribution is 2.30. The van der Waals surface area contributed by atoms with Crippen molar-refractivity contribution in [3.8, 4) is 23.5 Å². The second kappa shape index (κ2) is 8.58. The number of anilines is 1. The van der Waals surface area contributed by atoms with E-state index < -0.39 is 0 Å². The summed E-state index contributed by atoms with van der Waals surface area (Å²) in [5.74, 6) is 2.55. The third-order valence-corrected chi connectivity index (χ3v) is 4.57. The fourth-order valence-electron chi connectivity index (χ4n) is 3.11. The molecule has 30 heavy (non-hydrogen) atoms. The molecule has 0 fully saturated rings. The Kier molecular flexibility index (Phi) is 5.53. The summed E-state index contributed by atoms with van der Waals surface area (Å²) >= 11 is 0. The van der Waals surface area contributed by atoms with E-state index in [9.17, 15) is 5.26 Å². The Balaban J connectivity index is 1.49. The van der Waals surface area contributed by atoms with Gasteiger partial charge in [0.15, 0.2) is 5.76 Å². The van der Waals surface area contributed by atoms with E-state index in [-0.39, 0.29) is 18.2 Å². The fraction of sp³-hybridized carbons (Fsp3) is 0.167. The van der Waals surface area contributed by atoms with E-state index in [4.69, 9.17) is 13.6 Å². The molecule has 0 aliphatic heterocycles. The van der Waals surface area contributed by atoms with Gasteiger partial charge >= 0.3 is 0 Å². The van der Waals surface area contributed by atoms with Gasteiger partial charge in [-0.15, -0.1) is 0 Å². The van der Waals surface area contributed by atoms with E-state index in [1.807, 2.05) is 79.5 Å². The lowest BCUT2D eigenvalue weighted by molar-refractivity contribution is 0.271. The predicted molar refractivity (Wildman–Crippen MR) is 113 cm³/mol. The Morgan fingerprint density at radius 1 is 1.03 bits per heavy atom. The van der Waals surface area contributed by atoms with Gasteiger partial charge in [0.1, 0.15) is 24.2 Å². The van der Waals surface area contributed by atoms with Crippen LogP contribution in [0.5, 0.6) is 5.75 Å². The molecule has 2 aromatic heterocycles. The number of ether oxygens (including phenoxy) is 1. The average molecular weight is 399 g/mol. The van der Waals surface area contributed by atoms with E-state index in [0.29, 0.717) is 23.9 Å². The molecule has 4 aromatic rings. The number of rotatable bonds is 7. The molecule has 0 saturated heterocycles. The van der Waals surface area contributed by atoms with Gasteiger partial charge in [-0.2, -0.15) is 10.2 Å². The van der Waals surface area contributed by atoms with E-state index in [1.165, 1.54) is 0 Å². The molecule has 6 heteroatoms. The van der Waals surface area contributed by atoms with Crippen LogP contribution in [-0.2, 0) is 13.2 Å². The predicted octanol–water partition coefficient (Wildman–Crippen LogP) is 5.33. The maximum Gasteiger partial charge on any atom is 0.266 e. The fourth-order valence-corrected chi connectivity index (χ4v) is 3.11. The number of aryl methyl sites for hydroxylation is 1. The summed E-state index contributed by atoms with van der Waals surface area (Å²) < 4.78 is 17.5. The SMILES string of the molecule is Cc1cccc(OCc2ccc(-c3nc(C#N)c(N(C)Cc4ccccc4)o3)o2)c1. The number of nitrogens with zero attached hydrogens (tertiary/aromatic N) is 3. The Morgan fingerprint density at radius 2 is 1.87 bits per heavy atom. The lowest BCUT2D eigenvalue weighted by Crippen LogP contribution is -2.16. The van der Waals surface area contributed by atoms with Crippen LogP contribution in [0.2, 0.25) is 0 Å². The van der Waals surface area contributed by atoms with Crippen LogP contribution in [0.1, 0.15) is 22.6 Å². The number of hydrogen-bond acceptors (Lipinski definition) is 6. The molecule has 0 saturated carbocycles. The van der Waals surface area contributed by atoms with Crippen LogP contribution in [0.4, 0.5) is 5.88 Å². The molecule has 4 rings (SSSR count). The summed E-state index contributed by atoms with van der Waals surface area (Å²) in [5.41, 5.74) is 2.46. The van der Waals surface area contributed by atoms with Crippen molar-refractivity contribution in [3.05, 3.63) is 89.3 Å². The zero-order chi connectivity index (χ0) is 20.9. The molecule has 0 radical (unpaired) electrons. The molecule has 2 heterocycles. The van der Waals surface area contributed by atoms with Gasteiger partial charge in [-0.1, -0.05) is 42.5 Å². The van der Waals surface area contributed by atoms with Crippen molar-refractivity contribution in [2.75, 3.05) is 11.9 Å². The van der Waals surface area contributed by atoms with Crippen LogP contribution in [0.25, 0.3) is 11.7 Å². The number of furan rings is 1. The van der Waals surface area contributed by atoms with E-state index >= 15 is 0 Å². The van der Waals surface area contributed by atoms with Gasteiger partial charge in [0.05, 0.1) is 0 Å². The first-order valence-electron chi connectivity index (χ1n) is 9.57. The van der Waals surface area contributed by atoms with Crippen molar-refractivity contribution in [3.63, 3.8) is 0 Å². The molecular formula is C24H21N3O3. The first-order valence-corrected chi connectivity index (χ1v) is 9.57. The third kappa shape index (κ3) is 4.36. The smallest absolute Gasteiger partial charge is 0.266 e. The topological polar surface area (TPSA) is 75.4 Å². The van der Waals surface area contributed by atoms with Gasteiger partial charge in [0.25, 0.3) is 5.89 Å². The largest absolute Gasteiger partial charge is 0.486 e. The maximum atomic E-state index is 9.48. The van der Waals surface area contributed by atoms with Crippen LogP contribution in [0.15, 0.2) is 75.6 Å². The lowest BCUT2D eigenvalue weighted by atomic mass is 10.2. The first kappa shape index (κ1) is 19.3. The number of benzene rings is 2. The molecule has 150 valence electrons. The standard InChI is InChI=1S/C24H21N3O3/c1-17-7-6-10-19(13-17)28-16-20-11-12-22(29-20)23-26-21(14-25)24(30-23)27(2)15-18-8-4-3-5-9-18/h3-13H,15-16H2,1-2H3. The second-order valence-corrected chi connectivity index (χ2v) is 7.00.